The molecule has 0 radical (unpaired) electrons. The van der Waals surface area contributed by atoms with Crippen LogP contribution in [-0.2, 0) is 14.0 Å². The van der Waals surface area contributed by atoms with Crippen molar-refractivity contribution in [1.29, 1.82) is 0 Å². The first kappa shape index (κ1) is 17.4. The molecule has 2 aliphatic rings. The van der Waals surface area contributed by atoms with E-state index >= 15 is 0 Å². The van der Waals surface area contributed by atoms with Gasteiger partial charge < -0.3 is 18.9 Å². The molecule has 5 nitrogen and oxygen atoms in total. The molecular weight excluding hydrogens is 281 g/mol. The van der Waals surface area contributed by atoms with Gasteiger partial charge in [-0.1, -0.05) is 12.2 Å². The van der Waals surface area contributed by atoms with Crippen LogP contribution in [0.2, 0.25) is 5.82 Å². The quantitative estimate of drug-likeness (QED) is 0.551. The molecule has 0 bridgehead atoms. The Labute approximate surface area is 134 Å². The molecule has 22 heavy (non-hydrogen) atoms. The highest BCUT2D eigenvalue weighted by Gasteiger charge is 2.53. The smallest absolute Gasteiger partial charge is 0.444 e. The minimum Gasteiger partial charge on any atom is -0.444 e. The largest absolute Gasteiger partial charge is 0.467 e. The monoisotopic (exact) mass is 309 g/mol. The zero-order valence-corrected chi connectivity index (χ0v) is 14.8. The topological polar surface area (TPSA) is 48.0 Å². The van der Waals surface area contributed by atoms with Gasteiger partial charge in [0.15, 0.2) is 0 Å². The van der Waals surface area contributed by atoms with Gasteiger partial charge >= 0.3 is 13.2 Å². The van der Waals surface area contributed by atoms with Crippen molar-refractivity contribution in [3.63, 3.8) is 0 Å². The molecule has 1 atom stereocenters. The number of nitrogens with zero attached hydrogens (tertiary/aromatic N) is 1. The maximum absolute atomic E-state index is 12.2. The highest BCUT2D eigenvalue weighted by atomic mass is 16.7. The Morgan fingerprint density at radius 1 is 1.23 bits per heavy atom. The fraction of sp³-hybridized carbons (Fsp3) is 0.812. The lowest BCUT2D eigenvalue weighted by Gasteiger charge is -2.32. The van der Waals surface area contributed by atoms with Gasteiger partial charge in [-0.3, -0.25) is 0 Å². The van der Waals surface area contributed by atoms with E-state index in [0.717, 1.165) is 0 Å². The summed E-state index contributed by atoms with van der Waals surface area (Å²) < 4.78 is 17.6. The minimum absolute atomic E-state index is 0.0160. The number of rotatable bonds is 1. The second kappa shape index (κ2) is 5.57. The van der Waals surface area contributed by atoms with Crippen molar-refractivity contribution in [2.24, 2.45) is 0 Å². The molecule has 2 aliphatic heterocycles. The maximum Gasteiger partial charge on any atom is 0.467 e. The Hall–Kier alpha value is -1.01. The number of carbonyl (C=O) groups is 1. The van der Waals surface area contributed by atoms with Crippen LogP contribution in [0.25, 0.3) is 0 Å². The summed E-state index contributed by atoms with van der Waals surface area (Å²) in [4.78, 5) is 13.9. The first-order chi connectivity index (χ1) is 9.91. The molecule has 0 spiro atoms. The Bertz CT molecular complexity index is 451. The van der Waals surface area contributed by atoms with E-state index in [9.17, 15) is 4.79 Å². The summed E-state index contributed by atoms with van der Waals surface area (Å²) in [6.45, 7) is 14.9. The van der Waals surface area contributed by atoms with E-state index in [1.807, 2.05) is 54.5 Å². The average molecular weight is 309 g/mol. The van der Waals surface area contributed by atoms with Crippen LogP contribution in [-0.4, -0.2) is 48.0 Å². The molecule has 0 saturated carbocycles. The van der Waals surface area contributed by atoms with Gasteiger partial charge in [0.1, 0.15) is 5.60 Å². The van der Waals surface area contributed by atoms with Gasteiger partial charge in [-0.2, -0.15) is 0 Å². The van der Waals surface area contributed by atoms with Crippen molar-refractivity contribution in [2.75, 3.05) is 13.1 Å². The van der Waals surface area contributed by atoms with Crippen molar-refractivity contribution in [3.05, 3.63) is 12.2 Å². The highest BCUT2D eigenvalue weighted by molar-refractivity contribution is 6.48. The normalized spacial score (nSPS) is 27.1. The molecule has 1 fully saturated rings. The highest BCUT2D eigenvalue weighted by Crippen LogP contribution is 2.41. The molecule has 1 unspecified atom stereocenters. The molecule has 0 aliphatic carbocycles. The number of hydrogen-bond acceptors (Lipinski definition) is 4. The van der Waals surface area contributed by atoms with Crippen molar-refractivity contribution >= 4 is 13.2 Å². The van der Waals surface area contributed by atoms with Crippen LogP contribution in [0, 0.1) is 0 Å². The van der Waals surface area contributed by atoms with Crippen LogP contribution in [0.1, 0.15) is 48.5 Å². The molecule has 0 aromatic carbocycles. The SMILES string of the molecule is CC(C)(C)OC(=O)N1CC=CC(B2OC(C)(C)C(C)(C)O2)C1. The second-order valence-corrected chi connectivity index (χ2v) is 8.10. The van der Waals surface area contributed by atoms with Gasteiger partial charge in [0.05, 0.1) is 11.2 Å². The maximum atomic E-state index is 12.2. The van der Waals surface area contributed by atoms with Crippen LogP contribution in [0.15, 0.2) is 12.2 Å². The zero-order valence-electron chi connectivity index (χ0n) is 14.8. The Morgan fingerprint density at radius 3 is 2.27 bits per heavy atom. The van der Waals surface area contributed by atoms with E-state index in [1.54, 1.807) is 4.90 Å². The fourth-order valence-electron chi connectivity index (χ4n) is 2.47. The van der Waals surface area contributed by atoms with Gasteiger partial charge in [-0.25, -0.2) is 4.79 Å². The van der Waals surface area contributed by atoms with Crippen molar-refractivity contribution in [2.45, 2.75) is 71.1 Å². The van der Waals surface area contributed by atoms with E-state index in [1.165, 1.54) is 0 Å². The van der Waals surface area contributed by atoms with Crippen molar-refractivity contribution < 1.29 is 18.8 Å². The summed E-state index contributed by atoms with van der Waals surface area (Å²) in [7, 11) is -0.341. The molecule has 124 valence electrons. The lowest BCUT2D eigenvalue weighted by atomic mass is 9.70. The van der Waals surface area contributed by atoms with E-state index in [-0.39, 0.29) is 30.2 Å². The van der Waals surface area contributed by atoms with E-state index < -0.39 is 5.60 Å². The number of carbonyl (C=O) groups excluding carboxylic acids is 1. The van der Waals surface area contributed by atoms with Gasteiger partial charge in [0, 0.05) is 18.9 Å². The molecule has 0 N–H and O–H groups in total. The lowest BCUT2D eigenvalue weighted by Crippen LogP contribution is -2.43. The van der Waals surface area contributed by atoms with Crippen LogP contribution in [0.4, 0.5) is 4.79 Å². The predicted molar refractivity (Wildman–Crippen MR) is 86.8 cm³/mol. The molecule has 1 amide bonds. The molecule has 2 heterocycles. The van der Waals surface area contributed by atoms with Gasteiger partial charge in [0.2, 0.25) is 0 Å². The zero-order chi connectivity index (χ0) is 16.8. The Kier molecular flexibility index (Phi) is 4.39. The molecule has 6 heteroatoms. The first-order valence-electron chi connectivity index (χ1n) is 7.91. The molecule has 0 aromatic heterocycles. The average Bonchev–Trinajstić information content (AvgIpc) is 2.57. The Balaban J connectivity index is 2.02. The van der Waals surface area contributed by atoms with Gasteiger partial charge in [-0.05, 0) is 48.5 Å². The summed E-state index contributed by atoms with van der Waals surface area (Å²) in [5.74, 6) is 0.0160. The third kappa shape index (κ3) is 3.66. The van der Waals surface area contributed by atoms with Crippen LogP contribution < -0.4 is 0 Å². The molecule has 1 saturated heterocycles. The first-order valence-corrected chi connectivity index (χ1v) is 7.91. The van der Waals surface area contributed by atoms with E-state index in [4.69, 9.17) is 14.0 Å². The van der Waals surface area contributed by atoms with Crippen molar-refractivity contribution in [1.82, 2.24) is 4.90 Å². The van der Waals surface area contributed by atoms with E-state index in [0.29, 0.717) is 13.1 Å². The summed E-state index contributed by atoms with van der Waals surface area (Å²) >= 11 is 0. The number of ether oxygens (including phenoxy) is 1. The third-order valence-electron chi connectivity index (χ3n) is 4.41. The third-order valence-corrected chi connectivity index (χ3v) is 4.41. The number of hydrogen-bond donors (Lipinski definition) is 0. The summed E-state index contributed by atoms with van der Waals surface area (Å²) in [6, 6.07) is 0. The Morgan fingerprint density at radius 2 is 1.77 bits per heavy atom. The number of amides is 1. The predicted octanol–water partition coefficient (Wildman–Crippen LogP) is 3.26. The molecular formula is C16H28BNO4. The van der Waals surface area contributed by atoms with Crippen molar-refractivity contribution in [3.8, 4) is 0 Å². The summed E-state index contributed by atoms with van der Waals surface area (Å²) in [6.07, 6.45) is 3.75. The van der Waals surface area contributed by atoms with Gasteiger partial charge in [-0.15, -0.1) is 0 Å². The minimum atomic E-state index is -0.488. The molecule has 0 aromatic rings. The van der Waals surface area contributed by atoms with Gasteiger partial charge in [0.25, 0.3) is 0 Å². The summed E-state index contributed by atoms with van der Waals surface area (Å²) in [5, 5.41) is 0. The van der Waals surface area contributed by atoms with Crippen LogP contribution in [0.3, 0.4) is 0 Å². The molecule has 2 rings (SSSR count). The lowest BCUT2D eigenvalue weighted by molar-refractivity contribution is 0.00578. The fourth-order valence-corrected chi connectivity index (χ4v) is 2.47. The van der Waals surface area contributed by atoms with E-state index in [2.05, 4.69) is 6.08 Å². The summed E-state index contributed by atoms with van der Waals surface area (Å²) in [5.41, 5.74) is -1.21. The standard InChI is InChI=1S/C16H28BNO4/c1-14(2,3)20-13(19)18-10-8-9-12(11-18)17-21-15(4,5)16(6,7)22-17/h8-9,12H,10-11H2,1-7H3. The van der Waals surface area contributed by atoms with Crippen LogP contribution >= 0.6 is 0 Å². The second-order valence-electron chi connectivity index (χ2n) is 8.10. The van der Waals surface area contributed by atoms with Crippen LogP contribution in [0.5, 0.6) is 0 Å².